The van der Waals surface area contributed by atoms with Crippen molar-refractivity contribution in [2.24, 2.45) is 0 Å². The Kier molecular flexibility index (Phi) is 4.67. The lowest BCUT2D eigenvalue weighted by atomic mass is 9.91. The topological polar surface area (TPSA) is 41.3 Å². The van der Waals surface area contributed by atoms with Crippen LogP contribution in [0.3, 0.4) is 0 Å². The summed E-state index contributed by atoms with van der Waals surface area (Å²) in [6.45, 7) is 6.50. The third-order valence-corrected chi connectivity index (χ3v) is 5.54. The van der Waals surface area contributed by atoms with Gasteiger partial charge in [0.2, 0.25) is 0 Å². The smallest absolute Gasteiger partial charge is 0.140 e. The summed E-state index contributed by atoms with van der Waals surface area (Å²) >= 11 is 0. The summed E-state index contributed by atoms with van der Waals surface area (Å²) in [6.07, 6.45) is 5.83. The van der Waals surface area contributed by atoms with Gasteiger partial charge in [-0.25, -0.2) is 0 Å². The van der Waals surface area contributed by atoms with Crippen LogP contribution in [0.1, 0.15) is 47.4 Å². The van der Waals surface area contributed by atoms with Gasteiger partial charge in [0, 0.05) is 31.1 Å². The standard InChI is InChI=1S/C20H27N3O/c1-15-6-2-3-7-16(15)13-21-17-8-9-20-18(12-17)19(22-24-20)14-23-10-4-5-11-23/h2-3,6-7,17,21H,4-5,8-14H2,1H3. The van der Waals surface area contributed by atoms with Crippen molar-refractivity contribution < 1.29 is 4.52 Å². The number of rotatable bonds is 5. The van der Waals surface area contributed by atoms with Crippen molar-refractivity contribution in [3.63, 3.8) is 0 Å². The molecular weight excluding hydrogens is 298 g/mol. The molecule has 2 aliphatic rings. The fourth-order valence-electron chi connectivity index (χ4n) is 3.98. The molecule has 0 saturated carbocycles. The molecule has 0 spiro atoms. The first-order valence-corrected chi connectivity index (χ1v) is 9.26. The molecule has 1 aliphatic carbocycles. The molecule has 1 aromatic heterocycles. The minimum Gasteiger partial charge on any atom is -0.361 e. The highest BCUT2D eigenvalue weighted by Crippen LogP contribution is 2.26. The maximum Gasteiger partial charge on any atom is 0.140 e. The molecule has 1 N–H and O–H groups in total. The number of hydrogen-bond acceptors (Lipinski definition) is 4. The molecule has 2 aromatic rings. The molecule has 0 amide bonds. The first-order valence-electron chi connectivity index (χ1n) is 9.26. The molecule has 1 aromatic carbocycles. The van der Waals surface area contributed by atoms with Gasteiger partial charge >= 0.3 is 0 Å². The van der Waals surface area contributed by atoms with Crippen LogP contribution in [-0.2, 0) is 25.9 Å². The van der Waals surface area contributed by atoms with Crippen molar-refractivity contribution in [3.8, 4) is 0 Å². The van der Waals surface area contributed by atoms with Gasteiger partial charge in [-0.15, -0.1) is 0 Å². The monoisotopic (exact) mass is 325 g/mol. The van der Waals surface area contributed by atoms with E-state index in [4.69, 9.17) is 4.52 Å². The molecule has 1 atom stereocenters. The van der Waals surface area contributed by atoms with Gasteiger partial charge in [-0.05, 0) is 56.8 Å². The highest BCUT2D eigenvalue weighted by molar-refractivity contribution is 5.28. The predicted octanol–water partition coefficient (Wildman–Crippen LogP) is 3.23. The Hall–Kier alpha value is -1.65. The molecule has 4 rings (SSSR count). The maximum atomic E-state index is 5.62. The Morgan fingerprint density at radius 3 is 2.92 bits per heavy atom. The number of fused-ring (bicyclic) bond motifs is 1. The van der Waals surface area contributed by atoms with Crippen molar-refractivity contribution in [2.75, 3.05) is 13.1 Å². The SMILES string of the molecule is Cc1ccccc1CNC1CCc2onc(CN3CCCC3)c2C1. The second-order valence-electron chi connectivity index (χ2n) is 7.26. The first-order chi connectivity index (χ1) is 11.8. The van der Waals surface area contributed by atoms with E-state index >= 15 is 0 Å². The van der Waals surface area contributed by atoms with E-state index in [1.807, 2.05) is 0 Å². The first kappa shape index (κ1) is 15.9. The molecule has 0 bridgehead atoms. The second kappa shape index (κ2) is 7.08. The lowest BCUT2D eigenvalue weighted by Crippen LogP contribution is -2.34. The van der Waals surface area contributed by atoms with Crippen LogP contribution in [0, 0.1) is 6.92 Å². The van der Waals surface area contributed by atoms with Crippen LogP contribution < -0.4 is 5.32 Å². The quantitative estimate of drug-likeness (QED) is 0.916. The van der Waals surface area contributed by atoms with Crippen molar-refractivity contribution in [1.29, 1.82) is 0 Å². The largest absolute Gasteiger partial charge is 0.361 e. The van der Waals surface area contributed by atoms with E-state index in [0.717, 1.165) is 38.1 Å². The average molecular weight is 325 g/mol. The number of likely N-dealkylation sites (tertiary alicyclic amines) is 1. The highest BCUT2D eigenvalue weighted by Gasteiger charge is 2.26. The fraction of sp³-hybridized carbons (Fsp3) is 0.550. The number of aromatic nitrogens is 1. The second-order valence-corrected chi connectivity index (χ2v) is 7.26. The molecule has 4 heteroatoms. The third kappa shape index (κ3) is 3.40. The number of nitrogens with zero attached hydrogens (tertiary/aromatic N) is 2. The number of nitrogens with one attached hydrogen (secondary N) is 1. The van der Waals surface area contributed by atoms with Crippen LogP contribution in [0.5, 0.6) is 0 Å². The molecule has 128 valence electrons. The summed E-state index contributed by atoms with van der Waals surface area (Å²) in [4.78, 5) is 2.50. The molecule has 0 radical (unpaired) electrons. The van der Waals surface area contributed by atoms with Crippen molar-refractivity contribution in [2.45, 2.75) is 58.2 Å². The Balaban J connectivity index is 1.39. The van der Waals surface area contributed by atoms with E-state index in [1.54, 1.807) is 0 Å². The molecule has 24 heavy (non-hydrogen) atoms. The zero-order valence-electron chi connectivity index (χ0n) is 14.6. The van der Waals surface area contributed by atoms with Gasteiger partial charge < -0.3 is 9.84 Å². The molecule has 2 heterocycles. The zero-order chi connectivity index (χ0) is 16.4. The van der Waals surface area contributed by atoms with Gasteiger partial charge in [-0.2, -0.15) is 0 Å². The van der Waals surface area contributed by atoms with Gasteiger partial charge in [0.1, 0.15) is 11.5 Å². The lowest BCUT2D eigenvalue weighted by molar-refractivity contribution is 0.309. The normalized spacial score (nSPS) is 21.1. The third-order valence-electron chi connectivity index (χ3n) is 5.54. The summed E-state index contributed by atoms with van der Waals surface area (Å²) in [5, 5.41) is 8.13. The summed E-state index contributed by atoms with van der Waals surface area (Å²) in [5.41, 5.74) is 5.30. The van der Waals surface area contributed by atoms with Crippen LogP contribution in [0.4, 0.5) is 0 Å². The number of aryl methyl sites for hydroxylation is 2. The minimum atomic E-state index is 0.522. The van der Waals surface area contributed by atoms with E-state index < -0.39 is 0 Å². The zero-order valence-corrected chi connectivity index (χ0v) is 14.6. The van der Waals surface area contributed by atoms with Gasteiger partial charge in [-0.3, -0.25) is 4.90 Å². The van der Waals surface area contributed by atoms with Crippen molar-refractivity contribution in [3.05, 3.63) is 52.4 Å². The van der Waals surface area contributed by atoms with Crippen LogP contribution in [0.15, 0.2) is 28.8 Å². The summed E-state index contributed by atoms with van der Waals surface area (Å²) < 4.78 is 5.62. The minimum absolute atomic E-state index is 0.522. The van der Waals surface area contributed by atoms with Gasteiger partial charge in [0.25, 0.3) is 0 Å². The van der Waals surface area contributed by atoms with Crippen LogP contribution in [-0.4, -0.2) is 29.2 Å². The molecule has 4 nitrogen and oxygen atoms in total. The molecular formula is C20H27N3O. The van der Waals surface area contributed by atoms with E-state index in [2.05, 4.69) is 46.6 Å². The van der Waals surface area contributed by atoms with Crippen LogP contribution >= 0.6 is 0 Å². The molecule has 1 aliphatic heterocycles. The Bertz CT molecular complexity index is 688. The van der Waals surface area contributed by atoms with E-state index in [1.165, 1.54) is 48.3 Å². The van der Waals surface area contributed by atoms with Crippen LogP contribution in [0.25, 0.3) is 0 Å². The maximum absolute atomic E-state index is 5.62. The van der Waals surface area contributed by atoms with E-state index in [-0.39, 0.29) is 0 Å². The molecule has 1 saturated heterocycles. The van der Waals surface area contributed by atoms with Crippen LogP contribution in [0.2, 0.25) is 0 Å². The molecule has 1 unspecified atom stereocenters. The lowest BCUT2D eigenvalue weighted by Gasteiger charge is -2.24. The Morgan fingerprint density at radius 2 is 2.08 bits per heavy atom. The summed E-state index contributed by atoms with van der Waals surface area (Å²) in [5.74, 6) is 1.12. The van der Waals surface area contributed by atoms with Crippen molar-refractivity contribution in [1.82, 2.24) is 15.4 Å². The van der Waals surface area contributed by atoms with Crippen molar-refractivity contribution >= 4 is 0 Å². The Labute approximate surface area is 144 Å². The molecule has 1 fully saturated rings. The van der Waals surface area contributed by atoms with Gasteiger partial charge in [0.15, 0.2) is 0 Å². The van der Waals surface area contributed by atoms with E-state index in [0.29, 0.717) is 6.04 Å². The fourth-order valence-corrected chi connectivity index (χ4v) is 3.98. The average Bonchev–Trinajstić information content (AvgIpc) is 3.25. The van der Waals surface area contributed by atoms with Gasteiger partial charge in [0.05, 0.1) is 0 Å². The Morgan fingerprint density at radius 1 is 1.25 bits per heavy atom. The predicted molar refractivity (Wildman–Crippen MR) is 94.8 cm³/mol. The van der Waals surface area contributed by atoms with E-state index in [9.17, 15) is 0 Å². The number of benzene rings is 1. The number of hydrogen-bond donors (Lipinski definition) is 1. The summed E-state index contributed by atoms with van der Waals surface area (Å²) in [6, 6.07) is 9.15. The van der Waals surface area contributed by atoms with Gasteiger partial charge in [-0.1, -0.05) is 29.4 Å². The summed E-state index contributed by atoms with van der Waals surface area (Å²) in [7, 11) is 0. The highest BCUT2D eigenvalue weighted by atomic mass is 16.5.